The van der Waals surface area contributed by atoms with E-state index in [4.69, 9.17) is 0 Å². The van der Waals surface area contributed by atoms with Gasteiger partial charge in [-0.1, -0.05) is 36.4 Å². The molecule has 64 valence electrons. The lowest BCUT2D eigenvalue weighted by atomic mass is 10.0. The van der Waals surface area contributed by atoms with Crippen LogP contribution in [0.15, 0.2) is 41.2 Å². The van der Waals surface area contributed by atoms with E-state index in [1.54, 1.807) is 0 Å². The number of rotatable bonds is 0. The van der Waals surface area contributed by atoms with Gasteiger partial charge in [-0.2, -0.15) is 0 Å². The molecule has 1 heteroatoms. The second-order valence-electron chi connectivity index (χ2n) is 3.79. The first kappa shape index (κ1) is 6.55. The van der Waals surface area contributed by atoms with Crippen molar-refractivity contribution >= 4 is 10.8 Å². The first-order chi connectivity index (χ1) is 6.88. The first-order valence-corrected chi connectivity index (χ1v) is 4.69. The lowest BCUT2D eigenvalue weighted by Gasteiger charge is -2.01. The van der Waals surface area contributed by atoms with Crippen LogP contribution in [-0.4, -0.2) is 0 Å². The molecule has 0 unspecified atom stereocenters. The summed E-state index contributed by atoms with van der Waals surface area (Å²) in [5.41, 5.74) is 4.43. The van der Waals surface area contributed by atoms with Crippen LogP contribution in [0.3, 0.4) is 0 Å². The predicted molar refractivity (Wildman–Crippen MR) is 57.0 cm³/mol. The van der Waals surface area contributed by atoms with Gasteiger partial charge in [0, 0.05) is 11.1 Å². The Kier molecular flexibility index (Phi) is 0.842. The highest BCUT2D eigenvalue weighted by Crippen LogP contribution is 2.48. The lowest BCUT2D eigenvalue weighted by Crippen LogP contribution is -1.85. The van der Waals surface area contributed by atoms with Crippen LogP contribution in [0.5, 0.6) is 0 Å². The van der Waals surface area contributed by atoms with Crippen molar-refractivity contribution in [2.75, 3.05) is 0 Å². The van der Waals surface area contributed by atoms with E-state index in [1.807, 2.05) is 24.3 Å². The Morgan fingerprint density at radius 1 is 0.786 bits per heavy atom. The van der Waals surface area contributed by atoms with Gasteiger partial charge >= 0.3 is 0 Å². The van der Waals surface area contributed by atoms with Crippen molar-refractivity contribution in [3.63, 3.8) is 0 Å². The summed E-state index contributed by atoms with van der Waals surface area (Å²) < 4.78 is 0. The molecule has 0 saturated heterocycles. The minimum Gasteiger partial charge on any atom is -0.289 e. The van der Waals surface area contributed by atoms with Crippen molar-refractivity contribution in [2.24, 2.45) is 0 Å². The molecule has 0 bridgehead atoms. The largest absolute Gasteiger partial charge is 0.289 e. The smallest absolute Gasteiger partial charge is 0.195 e. The minimum atomic E-state index is 0.246. The van der Waals surface area contributed by atoms with E-state index in [0.717, 1.165) is 22.3 Å². The number of fused-ring (bicyclic) bond motifs is 3. The predicted octanol–water partition coefficient (Wildman–Crippen LogP) is 2.72. The van der Waals surface area contributed by atoms with Gasteiger partial charge in [0.05, 0.1) is 0 Å². The molecule has 0 aromatic heterocycles. The van der Waals surface area contributed by atoms with Crippen LogP contribution in [0.1, 0.15) is 0 Å². The van der Waals surface area contributed by atoms with Crippen LogP contribution in [0.25, 0.3) is 33.0 Å². The zero-order valence-electron chi connectivity index (χ0n) is 7.37. The van der Waals surface area contributed by atoms with E-state index in [2.05, 4.69) is 12.1 Å². The molecule has 3 aromatic rings. The van der Waals surface area contributed by atoms with E-state index in [-0.39, 0.29) is 5.43 Å². The Bertz CT molecular complexity index is 643. The first-order valence-electron chi connectivity index (χ1n) is 4.69. The fraction of sp³-hybridized carbons (Fsp3) is 0. The second kappa shape index (κ2) is 1.80. The van der Waals surface area contributed by atoms with Crippen LogP contribution in [0, 0.1) is 0 Å². The molecule has 0 radical (unpaired) electrons. The molecule has 0 amide bonds. The van der Waals surface area contributed by atoms with Crippen molar-refractivity contribution in [1.82, 2.24) is 0 Å². The molecule has 0 fully saturated rings. The Morgan fingerprint density at radius 2 is 1.36 bits per heavy atom. The summed E-state index contributed by atoms with van der Waals surface area (Å²) >= 11 is 0. The zero-order chi connectivity index (χ0) is 9.28. The number of benzene rings is 3. The molecule has 1 aliphatic rings. The van der Waals surface area contributed by atoms with Gasteiger partial charge in [-0.3, -0.25) is 4.79 Å². The maximum absolute atomic E-state index is 11.4. The summed E-state index contributed by atoms with van der Waals surface area (Å²) in [7, 11) is 0. The van der Waals surface area contributed by atoms with Gasteiger partial charge in [0.15, 0.2) is 5.43 Å². The molecule has 0 aliphatic heterocycles. The SMILES string of the molecule is O=c1c2c1-c1cccc3cccc-2c13. The van der Waals surface area contributed by atoms with Gasteiger partial charge in [-0.15, -0.1) is 0 Å². The molecule has 0 N–H and O–H groups in total. The summed E-state index contributed by atoms with van der Waals surface area (Å²) in [5, 5.41) is 2.50. The second-order valence-corrected chi connectivity index (χ2v) is 3.79. The third-order valence-electron chi connectivity index (χ3n) is 3.08. The van der Waals surface area contributed by atoms with Gasteiger partial charge in [0.1, 0.15) is 0 Å². The third-order valence-corrected chi connectivity index (χ3v) is 3.08. The van der Waals surface area contributed by atoms with Crippen molar-refractivity contribution in [2.45, 2.75) is 0 Å². The average Bonchev–Trinajstić information content (AvgIpc) is 2.74. The highest BCUT2D eigenvalue weighted by atomic mass is 16.1. The van der Waals surface area contributed by atoms with Crippen molar-refractivity contribution < 1.29 is 0 Å². The quantitative estimate of drug-likeness (QED) is 0.404. The topological polar surface area (TPSA) is 17.1 Å². The van der Waals surface area contributed by atoms with Crippen molar-refractivity contribution in [3.05, 3.63) is 46.6 Å². The monoisotopic (exact) mass is 178 g/mol. The molecule has 0 atom stereocenters. The Hall–Kier alpha value is -1.89. The molecular formula is C13H6O. The fourth-order valence-electron chi connectivity index (χ4n) is 2.44. The normalized spacial score (nSPS) is 12.6. The van der Waals surface area contributed by atoms with Gasteiger partial charge in [-0.25, -0.2) is 0 Å². The molecule has 0 spiro atoms. The summed E-state index contributed by atoms with van der Waals surface area (Å²) in [6.07, 6.45) is 0. The average molecular weight is 178 g/mol. The molecule has 14 heavy (non-hydrogen) atoms. The maximum atomic E-state index is 11.4. The van der Waals surface area contributed by atoms with Crippen LogP contribution in [-0.2, 0) is 0 Å². The van der Waals surface area contributed by atoms with Gasteiger partial charge in [-0.05, 0) is 21.9 Å². The third kappa shape index (κ3) is 0.522. The summed E-state index contributed by atoms with van der Waals surface area (Å²) in [5.74, 6) is 0. The summed E-state index contributed by atoms with van der Waals surface area (Å²) in [6, 6.07) is 12.3. The van der Waals surface area contributed by atoms with Crippen molar-refractivity contribution in [3.8, 4) is 22.3 Å². The maximum Gasteiger partial charge on any atom is 0.195 e. The molecule has 3 aromatic carbocycles. The van der Waals surface area contributed by atoms with E-state index in [9.17, 15) is 4.79 Å². The highest BCUT2D eigenvalue weighted by Gasteiger charge is 2.33. The molecule has 0 saturated carbocycles. The van der Waals surface area contributed by atoms with E-state index >= 15 is 0 Å². The summed E-state index contributed by atoms with van der Waals surface area (Å²) in [4.78, 5) is 11.4. The standard InChI is InChI=1S/C13H6O/c14-13-11-8-5-1-3-7-4-2-6-9(10(7)8)12(11)13/h1-6H. The Balaban J connectivity index is 2.37. The molecular weight excluding hydrogens is 172 g/mol. The number of hydrogen-bond donors (Lipinski definition) is 0. The van der Waals surface area contributed by atoms with Crippen molar-refractivity contribution in [1.29, 1.82) is 0 Å². The van der Waals surface area contributed by atoms with E-state index in [0.29, 0.717) is 0 Å². The molecule has 1 aliphatic carbocycles. The molecule has 1 nitrogen and oxygen atoms in total. The molecule has 4 rings (SSSR count). The van der Waals surface area contributed by atoms with Gasteiger partial charge in [0.2, 0.25) is 0 Å². The minimum absolute atomic E-state index is 0.246. The van der Waals surface area contributed by atoms with E-state index in [1.165, 1.54) is 10.8 Å². The molecule has 0 heterocycles. The van der Waals surface area contributed by atoms with Crippen LogP contribution < -0.4 is 5.43 Å². The number of hydrogen-bond acceptors (Lipinski definition) is 1. The van der Waals surface area contributed by atoms with Gasteiger partial charge < -0.3 is 0 Å². The van der Waals surface area contributed by atoms with Crippen LogP contribution in [0.2, 0.25) is 0 Å². The lowest BCUT2D eigenvalue weighted by molar-refractivity contribution is 1.74. The zero-order valence-corrected chi connectivity index (χ0v) is 7.37. The van der Waals surface area contributed by atoms with Crippen LogP contribution >= 0.6 is 0 Å². The summed E-state index contributed by atoms with van der Waals surface area (Å²) in [6.45, 7) is 0. The van der Waals surface area contributed by atoms with E-state index < -0.39 is 0 Å². The Labute approximate surface area is 80.3 Å². The van der Waals surface area contributed by atoms with Gasteiger partial charge in [0.25, 0.3) is 0 Å². The Morgan fingerprint density at radius 3 is 1.93 bits per heavy atom. The highest BCUT2D eigenvalue weighted by molar-refractivity contribution is 6.19. The van der Waals surface area contributed by atoms with Crippen LogP contribution in [0.4, 0.5) is 0 Å². The fourth-order valence-corrected chi connectivity index (χ4v) is 2.44.